The van der Waals surface area contributed by atoms with Gasteiger partial charge in [-0.1, -0.05) is 67.5 Å². The summed E-state index contributed by atoms with van der Waals surface area (Å²) >= 11 is 0. The van der Waals surface area contributed by atoms with Crippen molar-refractivity contribution in [2.24, 2.45) is 11.8 Å². The van der Waals surface area contributed by atoms with Crippen molar-refractivity contribution in [3.05, 3.63) is 77.9 Å². The van der Waals surface area contributed by atoms with Gasteiger partial charge in [0.2, 0.25) is 11.8 Å². The molecule has 5 atom stereocenters. The van der Waals surface area contributed by atoms with Crippen LogP contribution in [0.5, 0.6) is 11.6 Å². The molecule has 2 aliphatic heterocycles. The SMILES string of the molecule is COC(=O)[C@@H]1C[C@@H]2CN1C(=O)[C@H](C1CCCC1)NC(=O)O[C@@]1(C)C[C@@H]1CC/C=C\Cc1c(nc3ccccc3c1OCc1ccccc1)O2. The van der Waals surface area contributed by atoms with Gasteiger partial charge in [-0.2, -0.15) is 0 Å². The van der Waals surface area contributed by atoms with Gasteiger partial charge < -0.3 is 29.2 Å². The molecular formula is C39H45N3O7. The molecule has 2 saturated carbocycles. The number of ether oxygens (including phenoxy) is 4. The molecule has 10 heteroatoms. The molecule has 0 spiro atoms. The number of rotatable bonds is 5. The summed E-state index contributed by atoms with van der Waals surface area (Å²) in [6.07, 6.45) is 9.94. The van der Waals surface area contributed by atoms with E-state index in [9.17, 15) is 14.4 Å². The average molecular weight is 668 g/mol. The number of carbonyl (C=O) groups excluding carboxylic acids is 3. The number of carbonyl (C=O) groups is 3. The number of alkyl carbamates (subject to hydrolysis) is 1. The minimum atomic E-state index is -0.866. The van der Waals surface area contributed by atoms with Crippen molar-refractivity contribution in [1.29, 1.82) is 0 Å². The summed E-state index contributed by atoms with van der Waals surface area (Å²) in [7, 11) is 1.32. The first-order chi connectivity index (χ1) is 23.8. The Labute approximate surface area is 287 Å². The normalized spacial score (nSPS) is 28.2. The molecule has 10 nitrogen and oxygen atoms in total. The summed E-state index contributed by atoms with van der Waals surface area (Å²) in [5.41, 5.74) is 2.00. The summed E-state index contributed by atoms with van der Waals surface area (Å²) in [6.45, 7) is 2.47. The van der Waals surface area contributed by atoms with Crippen LogP contribution in [0.25, 0.3) is 10.9 Å². The Morgan fingerprint density at radius 2 is 1.82 bits per heavy atom. The van der Waals surface area contributed by atoms with Gasteiger partial charge in [-0.05, 0) is 69.1 Å². The van der Waals surface area contributed by atoms with Crippen LogP contribution in [-0.4, -0.2) is 65.3 Å². The average Bonchev–Trinajstić information content (AvgIpc) is 3.46. The minimum absolute atomic E-state index is 0.0464. The smallest absolute Gasteiger partial charge is 0.408 e. The molecule has 1 saturated heterocycles. The number of pyridine rings is 1. The third-order valence-electron chi connectivity index (χ3n) is 10.7. The van der Waals surface area contributed by atoms with E-state index >= 15 is 0 Å². The summed E-state index contributed by atoms with van der Waals surface area (Å²) in [6, 6.07) is 16.2. The molecule has 2 bridgehead atoms. The zero-order chi connectivity index (χ0) is 34.0. The molecule has 1 N–H and O–H groups in total. The van der Waals surface area contributed by atoms with Gasteiger partial charge in [0, 0.05) is 17.7 Å². The van der Waals surface area contributed by atoms with Crippen molar-refractivity contribution in [2.75, 3.05) is 13.7 Å². The first-order valence-electron chi connectivity index (χ1n) is 17.6. The molecule has 3 aromatic rings. The molecule has 258 valence electrons. The number of allylic oxidation sites excluding steroid dienone is 2. The Bertz CT molecular complexity index is 1720. The van der Waals surface area contributed by atoms with Crippen LogP contribution in [-0.2, 0) is 32.1 Å². The molecule has 7 rings (SSSR count). The van der Waals surface area contributed by atoms with E-state index in [1.807, 2.05) is 61.5 Å². The zero-order valence-corrected chi connectivity index (χ0v) is 28.3. The Morgan fingerprint density at radius 3 is 2.61 bits per heavy atom. The van der Waals surface area contributed by atoms with E-state index in [2.05, 4.69) is 17.5 Å². The lowest BCUT2D eigenvalue weighted by molar-refractivity contribution is -0.152. The number of hydrogen-bond acceptors (Lipinski definition) is 8. The van der Waals surface area contributed by atoms with Crippen LogP contribution in [0.15, 0.2) is 66.7 Å². The number of benzene rings is 2. The highest BCUT2D eigenvalue weighted by Crippen LogP contribution is 2.49. The summed E-state index contributed by atoms with van der Waals surface area (Å²) in [5, 5.41) is 3.82. The summed E-state index contributed by atoms with van der Waals surface area (Å²) in [5.74, 6) is 0.468. The molecule has 3 fully saturated rings. The topological polar surface area (TPSA) is 116 Å². The number of methoxy groups -OCH3 is 1. The lowest BCUT2D eigenvalue weighted by Gasteiger charge is -2.31. The third-order valence-corrected chi connectivity index (χ3v) is 10.7. The molecule has 2 aliphatic carbocycles. The number of nitrogens with one attached hydrogen (secondary N) is 1. The van der Waals surface area contributed by atoms with Gasteiger partial charge in [-0.15, -0.1) is 0 Å². The van der Waals surface area contributed by atoms with Crippen molar-refractivity contribution in [1.82, 2.24) is 15.2 Å². The van der Waals surface area contributed by atoms with Gasteiger partial charge >= 0.3 is 12.1 Å². The Morgan fingerprint density at radius 1 is 1.04 bits per heavy atom. The number of para-hydroxylation sites is 1. The van der Waals surface area contributed by atoms with E-state index in [0.29, 0.717) is 24.7 Å². The van der Waals surface area contributed by atoms with Crippen LogP contribution in [0.2, 0.25) is 0 Å². The first-order valence-corrected chi connectivity index (χ1v) is 17.6. The number of hydrogen-bond donors (Lipinski definition) is 1. The maximum atomic E-state index is 14.4. The fraction of sp³-hybridized carbons (Fsp3) is 0.487. The maximum absolute atomic E-state index is 14.4. The predicted octanol–water partition coefficient (Wildman–Crippen LogP) is 6.29. The van der Waals surface area contributed by atoms with Gasteiger partial charge in [-0.25, -0.2) is 14.6 Å². The van der Waals surface area contributed by atoms with Crippen molar-refractivity contribution in [2.45, 2.75) is 95.1 Å². The number of nitrogens with zero attached hydrogens (tertiary/aromatic N) is 2. The molecule has 4 aliphatic rings. The van der Waals surface area contributed by atoms with Gasteiger partial charge in [-0.3, -0.25) is 4.79 Å². The molecule has 49 heavy (non-hydrogen) atoms. The first kappa shape index (κ1) is 32.9. The molecule has 2 aromatic carbocycles. The molecule has 0 radical (unpaired) electrons. The monoisotopic (exact) mass is 667 g/mol. The maximum Gasteiger partial charge on any atom is 0.408 e. The Hall–Kier alpha value is -4.60. The Kier molecular flexibility index (Phi) is 9.47. The van der Waals surface area contributed by atoms with E-state index in [1.54, 1.807) is 0 Å². The molecule has 3 heterocycles. The number of aromatic nitrogens is 1. The van der Waals surface area contributed by atoms with E-state index < -0.39 is 35.9 Å². The van der Waals surface area contributed by atoms with Crippen molar-refractivity contribution in [3.63, 3.8) is 0 Å². The van der Waals surface area contributed by atoms with Crippen LogP contribution in [0.1, 0.15) is 69.4 Å². The van der Waals surface area contributed by atoms with Gasteiger partial charge in [0.15, 0.2) is 0 Å². The highest BCUT2D eigenvalue weighted by Gasteiger charge is 2.54. The summed E-state index contributed by atoms with van der Waals surface area (Å²) in [4.78, 5) is 47.3. The van der Waals surface area contributed by atoms with Crippen molar-refractivity contribution >= 4 is 28.9 Å². The second kappa shape index (κ2) is 14.1. The van der Waals surface area contributed by atoms with E-state index in [0.717, 1.165) is 67.0 Å². The lowest BCUT2D eigenvalue weighted by Crippen LogP contribution is -2.55. The fourth-order valence-electron chi connectivity index (χ4n) is 7.81. The molecule has 0 unspecified atom stereocenters. The van der Waals surface area contributed by atoms with E-state index in [4.69, 9.17) is 23.9 Å². The second-order valence-corrected chi connectivity index (χ2v) is 14.0. The number of amides is 2. The lowest BCUT2D eigenvalue weighted by atomic mass is 9.96. The van der Waals surface area contributed by atoms with Crippen LogP contribution in [0.4, 0.5) is 4.79 Å². The van der Waals surface area contributed by atoms with Crippen LogP contribution in [0, 0.1) is 11.8 Å². The van der Waals surface area contributed by atoms with Crippen LogP contribution in [0.3, 0.4) is 0 Å². The van der Waals surface area contributed by atoms with Crippen molar-refractivity contribution in [3.8, 4) is 11.6 Å². The second-order valence-electron chi connectivity index (χ2n) is 14.0. The quantitative estimate of drug-likeness (QED) is 0.249. The fourth-order valence-corrected chi connectivity index (χ4v) is 7.81. The van der Waals surface area contributed by atoms with Gasteiger partial charge in [0.1, 0.15) is 36.1 Å². The van der Waals surface area contributed by atoms with Crippen molar-refractivity contribution < 1.29 is 33.3 Å². The predicted molar refractivity (Wildman–Crippen MR) is 183 cm³/mol. The highest BCUT2D eigenvalue weighted by molar-refractivity contribution is 5.91. The van der Waals surface area contributed by atoms with Gasteiger partial charge in [0.25, 0.3) is 0 Å². The summed E-state index contributed by atoms with van der Waals surface area (Å²) < 4.78 is 24.4. The highest BCUT2D eigenvalue weighted by atomic mass is 16.6. The number of esters is 1. The molecule has 1 aromatic heterocycles. The third kappa shape index (κ3) is 7.09. The largest absolute Gasteiger partial charge is 0.488 e. The Balaban J connectivity index is 1.27. The zero-order valence-electron chi connectivity index (χ0n) is 28.3. The van der Waals surface area contributed by atoms with E-state index in [1.165, 1.54) is 12.0 Å². The minimum Gasteiger partial charge on any atom is -0.488 e. The van der Waals surface area contributed by atoms with E-state index in [-0.39, 0.29) is 30.7 Å². The standard InChI is InChI=1S/C39H45N3O7/c1-39-22-27(39)17-7-4-8-19-30-34(47-24-25-13-5-3-6-14-25)29-18-11-12-20-31(29)40-35(30)48-28-21-32(37(44)46-2)42(23-28)36(43)33(41-38(45)49-39)26-15-9-10-16-26/h3-6,8,11-14,18,20,26-28,32-33H,7,9-10,15-17,19,21-24H2,1-2H3,(H,41,45)/b8-4-/t27-,28+,32-,33-,39-/m0/s1. The molecule has 2 amide bonds. The van der Waals surface area contributed by atoms with Crippen LogP contribution < -0.4 is 14.8 Å². The van der Waals surface area contributed by atoms with Gasteiger partial charge in [0.05, 0.1) is 24.7 Å². The molecular weight excluding hydrogens is 622 g/mol. The number of fused-ring (bicyclic) bond motifs is 5. The van der Waals surface area contributed by atoms with Crippen LogP contribution >= 0.6 is 0 Å².